The average molecular weight is 259 g/mol. The molecule has 0 unspecified atom stereocenters. The normalized spacial score (nSPS) is 10.5. The number of aromatic nitrogens is 3. The van der Waals surface area contributed by atoms with Crippen molar-refractivity contribution in [2.24, 2.45) is 0 Å². The van der Waals surface area contributed by atoms with Gasteiger partial charge in [-0.15, -0.1) is 0 Å². The largest absolute Gasteiger partial charge is 0.326 e. The van der Waals surface area contributed by atoms with Crippen LogP contribution in [0.2, 0.25) is 0 Å². The van der Waals surface area contributed by atoms with Crippen LogP contribution in [0.4, 0.5) is 16.4 Å². The Kier molecular flexibility index (Phi) is 3.79. The molecule has 3 N–H and O–H groups in total. The van der Waals surface area contributed by atoms with Crippen LogP contribution in [0.3, 0.4) is 0 Å². The lowest BCUT2D eigenvalue weighted by Crippen LogP contribution is -2.20. The highest BCUT2D eigenvalue weighted by atomic mass is 16.2. The molecule has 0 saturated carbocycles. The van der Waals surface area contributed by atoms with Gasteiger partial charge in [0.2, 0.25) is 0 Å². The summed E-state index contributed by atoms with van der Waals surface area (Å²) in [6.07, 6.45) is 1.70. The van der Waals surface area contributed by atoms with Gasteiger partial charge in [0.05, 0.1) is 0 Å². The second-order valence-corrected chi connectivity index (χ2v) is 4.66. The molecular formula is C13H17N5O. The number of amides is 2. The predicted octanol–water partition coefficient (Wildman–Crippen LogP) is 2.88. The minimum atomic E-state index is -0.363. The Hall–Kier alpha value is -2.37. The summed E-state index contributed by atoms with van der Waals surface area (Å²) in [4.78, 5) is 15.8. The molecule has 19 heavy (non-hydrogen) atoms. The summed E-state index contributed by atoms with van der Waals surface area (Å²) in [6.45, 7) is 6.04. The summed E-state index contributed by atoms with van der Waals surface area (Å²) in [7, 11) is 0. The fraction of sp³-hybridized carbons (Fsp3) is 0.308. The van der Waals surface area contributed by atoms with E-state index in [1.165, 1.54) is 0 Å². The summed E-state index contributed by atoms with van der Waals surface area (Å²) in [5.74, 6) is 1.33. The van der Waals surface area contributed by atoms with Crippen LogP contribution in [0.1, 0.15) is 31.0 Å². The van der Waals surface area contributed by atoms with E-state index in [2.05, 4.69) is 25.8 Å². The summed E-state index contributed by atoms with van der Waals surface area (Å²) >= 11 is 0. The van der Waals surface area contributed by atoms with E-state index in [4.69, 9.17) is 0 Å². The van der Waals surface area contributed by atoms with Crippen LogP contribution in [-0.2, 0) is 0 Å². The fourth-order valence-electron chi connectivity index (χ4n) is 1.50. The van der Waals surface area contributed by atoms with E-state index < -0.39 is 0 Å². The van der Waals surface area contributed by atoms with Crippen molar-refractivity contribution in [1.82, 2.24) is 15.2 Å². The van der Waals surface area contributed by atoms with E-state index in [0.717, 1.165) is 11.3 Å². The minimum absolute atomic E-state index is 0.338. The van der Waals surface area contributed by atoms with E-state index in [-0.39, 0.29) is 6.03 Å². The van der Waals surface area contributed by atoms with Gasteiger partial charge in [0, 0.05) is 18.0 Å². The molecule has 0 spiro atoms. The zero-order valence-corrected chi connectivity index (χ0v) is 11.2. The first-order chi connectivity index (χ1) is 9.04. The van der Waals surface area contributed by atoms with Crippen molar-refractivity contribution in [3.63, 3.8) is 0 Å². The third kappa shape index (κ3) is 3.54. The number of H-pyrrole nitrogens is 1. The number of aromatic amines is 1. The van der Waals surface area contributed by atoms with Gasteiger partial charge in [0.15, 0.2) is 5.82 Å². The summed E-state index contributed by atoms with van der Waals surface area (Å²) < 4.78 is 0. The molecule has 0 radical (unpaired) electrons. The van der Waals surface area contributed by atoms with Crippen molar-refractivity contribution >= 4 is 17.7 Å². The number of pyridine rings is 1. The Labute approximate surface area is 111 Å². The van der Waals surface area contributed by atoms with Gasteiger partial charge in [-0.25, -0.2) is 9.78 Å². The number of carbonyl (C=O) groups excluding carboxylic acids is 1. The van der Waals surface area contributed by atoms with Crippen LogP contribution in [0, 0.1) is 6.92 Å². The van der Waals surface area contributed by atoms with Gasteiger partial charge in [-0.1, -0.05) is 19.9 Å². The lowest BCUT2D eigenvalue weighted by Gasteiger charge is -2.04. The third-order valence-electron chi connectivity index (χ3n) is 2.61. The van der Waals surface area contributed by atoms with Crippen LogP contribution in [0.15, 0.2) is 24.4 Å². The van der Waals surface area contributed by atoms with Crippen molar-refractivity contribution in [2.45, 2.75) is 26.7 Å². The smallest absolute Gasteiger partial charge is 0.292 e. The molecule has 0 saturated heterocycles. The molecule has 0 atom stereocenters. The molecule has 6 nitrogen and oxygen atoms in total. The van der Waals surface area contributed by atoms with Gasteiger partial charge in [0.25, 0.3) is 0 Å². The van der Waals surface area contributed by atoms with E-state index >= 15 is 0 Å². The van der Waals surface area contributed by atoms with Crippen LogP contribution in [0.5, 0.6) is 0 Å². The van der Waals surface area contributed by atoms with Crippen molar-refractivity contribution in [3.8, 4) is 0 Å². The number of hydrogen-bond acceptors (Lipinski definition) is 3. The van der Waals surface area contributed by atoms with Gasteiger partial charge in [-0.05, 0) is 24.5 Å². The molecular weight excluding hydrogens is 242 g/mol. The SMILES string of the molecule is Cc1ccc(NC(=O)Nc2cc(C(C)C)[nH]n2)nc1. The molecule has 100 valence electrons. The quantitative estimate of drug-likeness (QED) is 0.792. The molecule has 2 aromatic heterocycles. The van der Waals surface area contributed by atoms with Crippen LogP contribution in [0.25, 0.3) is 0 Å². The molecule has 2 aromatic rings. The van der Waals surface area contributed by atoms with Crippen molar-refractivity contribution in [3.05, 3.63) is 35.7 Å². The number of hydrogen-bond donors (Lipinski definition) is 3. The standard InChI is InChI=1S/C13H17N5O/c1-8(2)10-6-12(18-17-10)16-13(19)15-11-5-4-9(3)7-14-11/h4-8H,1-3H3,(H3,14,15,16,17,18,19). The Morgan fingerprint density at radius 3 is 2.58 bits per heavy atom. The number of aryl methyl sites for hydroxylation is 1. The molecule has 2 amide bonds. The van der Waals surface area contributed by atoms with Crippen LogP contribution >= 0.6 is 0 Å². The molecule has 6 heteroatoms. The van der Waals surface area contributed by atoms with Gasteiger partial charge in [-0.2, -0.15) is 5.10 Å². The van der Waals surface area contributed by atoms with Gasteiger partial charge in [-0.3, -0.25) is 15.7 Å². The highest BCUT2D eigenvalue weighted by Crippen LogP contribution is 2.14. The van der Waals surface area contributed by atoms with E-state index in [9.17, 15) is 4.79 Å². The van der Waals surface area contributed by atoms with Crippen LogP contribution in [-0.4, -0.2) is 21.2 Å². The lowest BCUT2D eigenvalue weighted by molar-refractivity contribution is 0.262. The Morgan fingerprint density at radius 2 is 2.00 bits per heavy atom. The first-order valence-corrected chi connectivity index (χ1v) is 6.10. The second-order valence-electron chi connectivity index (χ2n) is 4.66. The molecule has 0 aliphatic rings. The number of rotatable bonds is 3. The van der Waals surface area contributed by atoms with Crippen molar-refractivity contribution in [1.29, 1.82) is 0 Å². The maximum atomic E-state index is 11.7. The first-order valence-electron chi connectivity index (χ1n) is 6.10. The number of carbonyl (C=O) groups is 1. The zero-order chi connectivity index (χ0) is 13.8. The van der Waals surface area contributed by atoms with Crippen molar-refractivity contribution < 1.29 is 4.79 Å². The number of nitrogens with zero attached hydrogens (tertiary/aromatic N) is 2. The fourth-order valence-corrected chi connectivity index (χ4v) is 1.50. The molecule has 2 heterocycles. The summed E-state index contributed by atoms with van der Waals surface area (Å²) in [5.41, 5.74) is 2.02. The predicted molar refractivity (Wildman–Crippen MR) is 74.3 cm³/mol. The lowest BCUT2D eigenvalue weighted by atomic mass is 10.1. The Bertz CT molecular complexity index is 559. The maximum Gasteiger partial charge on any atom is 0.326 e. The van der Waals surface area contributed by atoms with E-state index in [1.807, 2.05) is 32.9 Å². The summed E-state index contributed by atoms with van der Waals surface area (Å²) in [6, 6.07) is 5.08. The zero-order valence-electron chi connectivity index (χ0n) is 11.2. The molecule has 0 aliphatic carbocycles. The number of anilines is 2. The van der Waals surface area contributed by atoms with Crippen molar-refractivity contribution in [2.75, 3.05) is 10.6 Å². The summed E-state index contributed by atoms with van der Waals surface area (Å²) in [5, 5.41) is 12.2. The van der Waals surface area contributed by atoms with Crippen LogP contribution < -0.4 is 10.6 Å². The Balaban J connectivity index is 1.95. The van der Waals surface area contributed by atoms with Gasteiger partial charge < -0.3 is 0 Å². The number of nitrogens with one attached hydrogen (secondary N) is 3. The minimum Gasteiger partial charge on any atom is -0.292 e. The molecule has 0 aromatic carbocycles. The second kappa shape index (κ2) is 5.51. The molecule has 0 bridgehead atoms. The average Bonchev–Trinajstić information content (AvgIpc) is 2.80. The maximum absolute atomic E-state index is 11.7. The molecule has 2 rings (SSSR count). The first kappa shape index (κ1) is 13.1. The monoisotopic (exact) mass is 259 g/mol. The highest BCUT2D eigenvalue weighted by Gasteiger charge is 2.08. The van der Waals surface area contributed by atoms with E-state index in [1.54, 1.807) is 12.3 Å². The molecule has 0 aliphatic heterocycles. The Morgan fingerprint density at radius 1 is 1.26 bits per heavy atom. The highest BCUT2D eigenvalue weighted by molar-refractivity contribution is 5.98. The topological polar surface area (TPSA) is 82.7 Å². The molecule has 0 fully saturated rings. The number of urea groups is 1. The van der Waals surface area contributed by atoms with E-state index in [0.29, 0.717) is 17.6 Å². The third-order valence-corrected chi connectivity index (χ3v) is 2.61. The van der Waals surface area contributed by atoms with Gasteiger partial charge in [0.1, 0.15) is 5.82 Å². The van der Waals surface area contributed by atoms with Gasteiger partial charge >= 0.3 is 6.03 Å².